The minimum Gasteiger partial charge on any atom is -0.481 e. The molecule has 1 aromatic carbocycles. The molecular weight excluding hydrogens is 254 g/mol. The van der Waals surface area contributed by atoms with Crippen molar-refractivity contribution in [2.45, 2.75) is 6.42 Å². The number of nitro benzene ring substituents is 1. The lowest BCUT2D eigenvalue weighted by Gasteiger charge is -2.02. The molecule has 0 aromatic heterocycles. The number of nitrogens with zero attached hydrogens (tertiary/aromatic N) is 1. The smallest absolute Gasteiger partial charge is 0.334 e. The van der Waals surface area contributed by atoms with Gasteiger partial charge >= 0.3 is 11.9 Å². The molecule has 0 amide bonds. The van der Waals surface area contributed by atoms with Crippen LogP contribution in [0.25, 0.3) is 6.08 Å². The van der Waals surface area contributed by atoms with Crippen LogP contribution in [0.3, 0.4) is 0 Å². The maximum atomic E-state index is 11.4. The number of carboxylic acids is 1. The third-order valence-corrected chi connectivity index (χ3v) is 2.21. The first-order chi connectivity index (χ1) is 8.93. The Balaban J connectivity index is 3.13. The van der Waals surface area contributed by atoms with Gasteiger partial charge < -0.3 is 9.84 Å². The summed E-state index contributed by atoms with van der Waals surface area (Å²) in [4.78, 5) is 32.1. The summed E-state index contributed by atoms with van der Waals surface area (Å²) in [6, 6.07) is 5.51. The number of methoxy groups -OCH3 is 1. The van der Waals surface area contributed by atoms with E-state index in [1.807, 2.05) is 0 Å². The van der Waals surface area contributed by atoms with Crippen LogP contribution >= 0.6 is 0 Å². The molecule has 0 spiro atoms. The summed E-state index contributed by atoms with van der Waals surface area (Å²) in [6.07, 6.45) is 0.738. The predicted molar refractivity (Wildman–Crippen MR) is 65.3 cm³/mol. The van der Waals surface area contributed by atoms with Crippen LogP contribution in [-0.2, 0) is 14.3 Å². The Hall–Kier alpha value is -2.70. The molecule has 1 N–H and O–H groups in total. The zero-order chi connectivity index (χ0) is 14.4. The van der Waals surface area contributed by atoms with E-state index in [2.05, 4.69) is 4.74 Å². The van der Waals surface area contributed by atoms with Crippen molar-refractivity contribution < 1.29 is 24.4 Å². The molecule has 100 valence electrons. The molecule has 1 rings (SSSR count). The molecule has 7 heteroatoms. The van der Waals surface area contributed by atoms with Crippen LogP contribution in [0.15, 0.2) is 29.8 Å². The van der Waals surface area contributed by atoms with Crippen molar-refractivity contribution in [2.75, 3.05) is 7.11 Å². The monoisotopic (exact) mass is 265 g/mol. The molecule has 19 heavy (non-hydrogen) atoms. The van der Waals surface area contributed by atoms with Gasteiger partial charge in [-0.1, -0.05) is 12.1 Å². The van der Waals surface area contributed by atoms with Gasteiger partial charge in [-0.05, 0) is 11.6 Å². The largest absolute Gasteiger partial charge is 0.481 e. The first-order valence-corrected chi connectivity index (χ1v) is 5.19. The van der Waals surface area contributed by atoms with Crippen molar-refractivity contribution in [2.24, 2.45) is 0 Å². The average molecular weight is 265 g/mol. The normalized spacial score (nSPS) is 10.9. The summed E-state index contributed by atoms with van der Waals surface area (Å²) in [7, 11) is 1.13. The summed E-state index contributed by atoms with van der Waals surface area (Å²) < 4.78 is 4.46. The van der Waals surface area contributed by atoms with E-state index >= 15 is 0 Å². The number of carbonyl (C=O) groups excluding carboxylic acids is 1. The molecule has 0 aliphatic heterocycles. The average Bonchev–Trinajstić information content (AvgIpc) is 2.36. The minimum atomic E-state index is -1.19. The van der Waals surface area contributed by atoms with Crippen molar-refractivity contribution in [1.29, 1.82) is 0 Å². The summed E-state index contributed by atoms with van der Waals surface area (Å²) >= 11 is 0. The van der Waals surface area contributed by atoms with Gasteiger partial charge in [0.2, 0.25) is 0 Å². The Morgan fingerprint density at radius 1 is 1.47 bits per heavy atom. The molecule has 1 aromatic rings. The van der Waals surface area contributed by atoms with E-state index in [4.69, 9.17) is 5.11 Å². The lowest BCUT2D eigenvalue weighted by atomic mass is 10.1. The molecule has 0 atom stereocenters. The first kappa shape index (κ1) is 14.4. The molecular formula is C12H11NO6. The molecule has 0 aliphatic carbocycles. The molecule has 0 saturated carbocycles. The summed E-state index contributed by atoms with van der Waals surface area (Å²) in [5.74, 6) is -1.98. The number of ether oxygens (including phenoxy) is 1. The Morgan fingerprint density at radius 3 is 2.68 bits per heavy atom. The standard InChI is InChI=1S/C12H11NO6/c1-19-12(16)9(7-11(14)15)5-8-3-2-4-10(6-8)13(17)18/h2-6H,7H2,1H3,(H,14,15). The highest BCUT2D eigenvalue weighted by Crippen LogP contribution is 2.17. The Bertz CT molecular complexity index is 549. The third kappa shape index (κ3) is 4.23. The molecule has 0 fully saturated rings. The van der Waals surface area contributed by atoms with Gasteiger partial charge in [-0.3, -0.25) is 14.9 Å². The molecule has 0 unspecified atom stereocenters. The number of nitro groups is 1. The van der Waals surface area contributed by atoms with Gasteiger partial charge in [-0.2, -0.15) is 0 Å². The number of benzene rings is 1. The molecule has 0 bridgehead atoms. The van der Waals surface area contributed by atoms with Crippen molar-refractivity contribution in [3.05, 3.63) is 45.5 Å². The maximum Gasteiger partial charge on any atom is 0.334 e. The van der Waals surface area contributed by atoms with E-state index in [0.29, 0.717) is 5.56 Å². The van der Waals surface area contributed by atoms with E-state index in [9.17, 15) is 19.7 Å². The Kier molecular flexibility index (Phi) is 4.76. The maximum absolute atomic E-state index is 11.4. The van der Waals surface area contributed by atoms with Gasteiger partial charge in [0.05, 0.1) is 18.5 Å². The number of carbonyl (C=O) groups is 2. The first-order valence-electron chi connectivity index (χ1n) is 5.19. The van der Waals surface area contributed by atoms with Crippen LogP contribution in [0, 0.1) is 10.1 Å². The van der Waals surface area contributed by atoms with Crippen LogP contribution in [0.2, 0.25) is 0 Å². The van der Waals surface area contributed by atoms with Gasteiger partial charge in [0.25, 0.3) is 5.69 Å². The SMILES string of the molecule is COC(=O)C(=Cc1cccc([N+](=O)[O-])c1)CC(=O)O. The van der Waals surface area contributed by atoms with Gasteiger partial charge in [0.15, 0.2) is 0 Å². The number of hydrogen-bond donors (Lipinski definition) is 1. The fraction of sp³-hybridized carbons (Fsp3) is 0.167. The molecule has 0 aliphatic rings. The fourth-order valence-corrected chi connectivity index (χ4v) is 1.41. The molecule has 0 heterocycles. The van der Waals surface area contributed by atoms with E-state index < -0.39 is 23.3 Å². The van der Waals surface area contributed by atoms with Gasteiger partial charge in [0, 0.05) is 17.7 Å². The summed E-state index contributed by atoms with van der Waals surface area (Å²) in [5, 5.41) is 19.3. The predicted octanol–water partition coefficient (Wildman–Crippen LogP) is 1.63. The van der Waals surface area contributed by atoms with Crippen LogP contribution < -0.4 is 0 Å². The van der Waals surface area contributed by atoms with Crippen LogP contribution in [0.5, 0.6) is 0 Å². The number of non-ortho nitro benzene ring substituents is 1. The zero-order valence-corrected chi connectivity index (χ0v) is 10.0. The van der Waals surface area contributed by atoms with E-state index in [0.717, 1.165) is 7.11 Å². The van der Waals surface area contributed by atoms with Crippen molar-refractivity contribution in [1.82, 2.24) is 0 Å². The minimum absolute atomic E-state index is 0.0875. The Labute approximate surface area is 108 Å². The van der Waals surface area contributed by atoms with Crippen molar-refractivity contribution in [3.63, 3.8) is 0 Å². The van der Waals surface area contributed by atoms with Crippen LogP contribution in [0.1, 0.15) is 12.0 Å². The zero-order valence-electron chi connectivity index (χ0n) is 10.0. The lowest BCUT2D eigenvalue weighted by Crippen LogP contribution is -2.09. The highest BCUT2D eigenvalue weighted by atomic mass is 16.6. The highest BCUT2D eigenvalue weighted by molar-refractivity contribution is 5.97. The second kappa shape index (κ2) is 6.29. The molecule has 7 nitrogen and oxygen atoms in total. The van der Waals surface area contributed by atoms with Crippen LogP contribution in [-0.4, -0.2) is 29.1 Å². The third-order valence-electron chi connectivity index (χ3n) is 2.21. The topological polar surface area (TPSA) is 107 Å². The van der Waals surface area contributed by atoms with E-state index in [1.165, 1.54) is 30.3 Å². The number of esters is 1. The van der Waals surface area contributed by atoms with Crippen molar-refractivity contribution in [3.8, 4) is 0 Å². The highest BCUT2D eigenvalue weighted by Gasteiger charge is 2.14. The fourth-order valence-electron chi connectivity index (χ4n) is 1.41. The van der Waals surface area contributed by atoms with Crippen LogP contribution in [0.4, 0.5) is 5.69 Å². The number of rotatable bonds is 5. The molecule has 0 saturated heterocycles. The lowest BCUT2D eigenvalue weighted by molar-refractivity contribution is -0.384. The van der Waals surface area contributed by atoms with E-state index in [1.54, 1.807) is 0 Å². The number of carboxylic acid groups (broad SMARTS) is 1. The van der Waals surface area contributed by atoms with Crippen molar-refractivity contribution >= 4 is 23.7 Å². The number of hydrogen-bond acceptors (Lipinski definition) is 5. The molecule has 0 radical (unpaired) electrons. The van der Waals surface area contributed by atoms with Gasteiger partial charge in [-0.25, -0.2) is 4.79 Å². The second-order valence-electron chi connectivity index (χ2n) is 3.58. The van der Waals surface area contributed by atoms with Gasteiger partial charge in [-0.15, -0.1) is 0 Å². The number of aliphatic carboxylic acids is 1. The summed E-state index contributed by atoms with van der Waals surface area (Å²) in [5.41, 5.74) is 0.125. The second-order valence-corrected chi connectivity index (χ2v) is 3.58. The quantitative estimate of drug-likeness (QED) is 0.375. The van der Waals surface area contributed by atoms with E-state index in [-0.39, 0.29) is 11.3 Å². The summed E-state index contributed by atoms with van der Waals surface area (Å²) in [6.45, 7) is 0. The van der Waals surface area contributed by atoms with Gasteiger partial charge in [0.1, 0.15) is 0 Å². The Morgan fingerprint density at radius 2 is 2.16 bits per heavy atom.